The monoisotopic (exact) mass is 521 g/mol. The summed E-state index contributed by atoms with van der Waals surface area (Å²) < 4.78 is 0. The summed E-state index contributed by atoms with van der Waals surface area (Å²) in [6.07, 6.45) is 2.95. The molecule has 5 amide bonds. The fourth-order valence-electron chi connectivity index (χ4n) is 4.01. The molecule has 208 valence electrons. The van der Waals surface area contributed by atoms with Crippen LogP contribution in [0.2, 0.25) is 0 Å². The van der Waals surface area contributed by atoms with Crippen LogP contribution in [0, 0.1) is 17.3 Å². The Morgan fingerprint density at radius 2 is 1.57 bits per heavy atom. The highest BCUT2D eigenvalue weighted by molar-refractivity contribution is 6.38. The number of Topliss-reactive ketones (excluding diaryl/α,β-unsaturated/α-hetero) is 1. The molecule has 0 spiro atoms. The van der Waals surface area contributed by atoms with Crippen LogP contribution in [0.1, 0.15) is 80.1 Å². The van der Waals surface area contributed by atoms with Gasteiger partial charge in [0.25, 0.3) is 5.91 Å². The summed E-state index contributed by atoms with van der Waals surface area (Å²) in [7, 11) is 0. The smallest absolute Gasteiger partial charge is 0.289 e. The summed E-state index contributed by atoms with van der Waals surface area (Å²) in [5.41, 5.74) is -0.700. The number of carbonyl (C=O) groups is 6. The van der Waals surface area contributed by atoms with E-state index in [-0.39, 0.29) is 36.6 Å². The van der Waals surface area contributed by atoms with E-state index in [4.69, 9.17) is 0 Å². The summed E-state index contributed by atoms with van der Waals surface area (Å²) in [4.78, 5) is 76.5. The van der Waals surface area contributed by atoms with E-state index in [0.29, 0.717) is 19.4 Å². The van der Waals surface area contributed by atoms with Crippen LogP contribution < -0.4 is 26.6 Å². The van der Waals surface area contributed by atoms with Crippen LogP contribution in [-0.2, 0) is 28.8 Å². The second-order valence-corrected chi connectivity index (χ2v) is 11.5. The SMILES string of the molecule is CCC[C@H](NC(=O)[C@H](NC(=O)C(C)(C)C)C(C)C)C(=O)N[C@@H](C[C@@H]1CCNC1=O)C(=O)C(=O)NC1CC1. The number of carbonyl (C=O) groups excluding carboxylic acids is 6. The van der Waals surface area contributed by atoms with E-state index in [1.54, 1.807) is 34.6 Å². The minimum atomic E-state index is -1.20. The Kier molecular flexibility index (Phi) is 10.6. The summed E-state index contributed by atoms with van der Waals surface area (Å²) in [5.74, 6) is -3.96. The lowest BCUT2D eigenvalue weighted by Crippen LogP contribution is -2.58. The Labute approximate surface area is 219 Å². The molecule has 2 rings (SSSR count). The molecule has 0 bridgehead atoms. The van der Waals surface area contributed by atoms with E-state index in [1.165, 1.54) is 0 Å². The van der Waals surface area contributed by atoms with Crippen molar-refractivity contribution in [3.8, 4) is 0 Å². The zero-order valence-electron chi connectivity index (χ0n) is 22.9. The minimum Gasteiger partial charge on any atom is -0.356 e. The number of rotatable bonds is 13. The summed E-state index contributed by atoms with van der Waals surface area (Å²) in [5, 5.41) is 13.4. The summed E-state index contributed by atoms with van der Waals surface area (Å²) in [6.45, 7) is 11.1. The third kappa shape index (κ3) is 9.12. The first-order valence-electron chi connectivity index (χ1n) is 13.3. The number of amides is 5. The molecule has 5 N–H and O–H groups in total. The molecule has 0 aromatic rings. The molecule has 11 heteroatoms. The first-order valence-corrected chi connectivity index (χ1v) is 13.3. The van der Waals surface area contributed by atoms with Gasteiger partial charge in [-0.2, -0.15) is 0 Å². The Bertz CT molecular complexity index is 892. The van der Waals surface area contributed by atoms with E-state index < -0.39 is 53.0 Å². The molecule has 1 aliphatic heterocycles. The summed E-state index contributed by atoms with van der Waals surface area (Å²) >= 11 is 0. The topological polar surface area (TPSA) is 163 Å². The van der Waals surface area contributed by atoms with Crippen LogP contribution in [0.4, 0.5) is 0 Å². The molecule has 0 unspecified atom stereocenters. The molecule has 0 aromatic heterocycles. The van der Waals surface area contributed by atoms with Crippen LogP contribution in [-0.4, -0.2) is 66.0 Å². The van der Waals surface area contributed by atoms with Crippen LogP contribution in [0.15, 0.2) is 0 Å². The van der Waals surface area contributed by atoms with Crippen molar-refractivity contribution in [1.82, 2.24) is 26.6 Å². The number of nitrogens with one attached hydrogen (secondary N) is 5. The van der Waals surface area contributed by atoms with E-state index >= 15 is 0 Å². The molecule has 2 fully saturated rings. The molecular formula is C26H43N5O6. The maximum Gasteiger partial charge on any atom is 0.289 e. The first kappa shape index (κ1) is 30.2. The molecular weight excluding hydrogens is 478 g/mol. The highest BCUT2D eigenvalue weighted by atomic mass is 16.2. The van der Waals surface area contributed by atoms with Gasteiger partial charge in [0.15, 0.2) is 0 Å². The maximum atomic E-state index is 13.3. The quantitative estimate of drug-likeness (QED) is 0.219. The average Bonchev–Trinajstić information content (AvgIpc) is 3.53. The fourth-order valence-corrected chi connectivity index (χ4v) is 4.01. The van der Waals surface area contributed by atoms with Crippen molar-refractivity contribution < 1.29 is 28.8 Å². The van der Waals surface area contributed by atoms with Crippen molar-refractivity contribution in [2.45, 2.75) is 104 Å². The zero-order chi connectivity index (χ0) is 27.9. The normalized spacial score (nSPS) is 19.9. The highest BCUT2D eigenvalue weighted by Crippen LogP contribution is 2.20. The lowest BCUT2D eigenvalue weighted by Gasteiger charge is -2.28. The number of hydrogen-bond acceptors (Lipinski definition) is 6. The lowest BCUT2D eigenvalue weighted by molar-refractivity contribution is -0.141. The molecule has 1 aliphatic carbocycles. The van der Waals surface area contributed by atoms with Crippen molar-refractivity contribution in [3.63, 3.8) is 0 Å². The number of ketones is 1. The molecule has 1 saturated carbocycles. The fraction of sp³-hybridized carbons (Fsp3) is 0.769. The van der Waals surface area contributed by atoms with Gasteiger partial charge >= 0.3 is 0 Å². The second-order valence-electron chi connectivity index (χ2n) is 11.5. The molecule has 4 atom stereocenters. The molecule has 0 aromatic carbocycles. The lowest BCUT2D eigenvalue weighted by atomic mass is 9.93. The van der Waals surface area contributed by atoms with Gasteiger partial charge in [-0.1, -0.05) is 48.0 Å². The minimum absolute atomic E-state index is 0.00244. The van der Waals surface area contributed by atoms with Gasteiger partial charge in [-0.05, 0) is 38.0 Å². The summed E-state index contributed by atoms with van der Waals surface area (Å²) in [6, 6.07) is -3.07. The maximum absolute atomic E-state index is 13.3. The van der Waals surface area contributed by atoms with Gasteiger partial charge < -0.3 is 26.6 Å². The Morgan fingerprint density at radius 3 is 2.05 bits per heavy atom. The zero-order valence-corrected chi connectivity index (χ0v) is 22.9. The van der Waals surface area contributed by atoms with E-state index in [1.807, 2.05) is 6.92 Å². The van der Waals surface area contributed by atoms with Crippen molar-refractivity contribution in [2.75, 3.05) is 6.54 Å². The Balaban J connectivity index is 2.15. The van der Waals surface area contributed by atoms with E-state index in [9.17, 15) is 28.8 Å². The van der Waals surface area contributed by atoms with Gasteiger partial charge in [-0.3, -0.25) is 28.8 Å². The standard InChI is InChI=1S/C26H43N5O6/c1-7-8-17(29-23(35)19(14(2)3)31-25(37)26(4,5)6)22(34)30-18(13-15-11-12-27-21(15)33)20(32)24(36)28-16-9-10-16/h14-19H,7-13H2,1-6H3,(H,27,33)(H,28,36)(H,29,35)(H,30,34)(H,31,37)/t15-,17-,18-,19+/m0/s1. The molecule has 2 aliphatic rings. The molecule has 11 nitrogen and oxygen atoms in total. The molecule has 0 radical (unpaired) electrons. The Morgan fingerprint density at radius 1 is 0.946 bits per heavy atom. The number of hydrogen-bond donors (Lipinski definition) is 5. The van der Waals surface area contributed by atoms with Gasteiger partial charge in [-0.15, -0.1) is 0 Å². The van der Waals surface area contributed by atoms with Gasteiger partial charge in [0.1, 0.15) is 12.1 Å². The van der Waals surface area contributed by atoms with Gasteiger partial charge in [0.2, 0.25) is 29.4 Å². The van der Waals surface area contributed by atoms with Gasteiger partial charge in [-0.25, -0.2) is 0 Å². The van der Waals surface area contributed by atoms with Gasteiger partial charge in [0, 0.05) is 23.9 Å². The average molecular weight is 522 g/mol. The third-order valence-electron chi connectivity index (χ3n) is 6.58. The van der Waals surface area contributed by atoms with Crippen LogP contribution in [0.3, 0.4) is 0 Å². The van der Waals surface area contributed by atoms with Crippen LogP contribution >= 0.6 is 0 Å². The molecule has 37 heavy (non-hydrogen) atoms. The van der Waals surface area contributed by atoms with E-state index in [0.717, 1.165) is 12.8 Å². The van der Waals surface area contributed by atoms with Crippen molar-refractivity contribution >= 4 is 35.3 Å². The van der Waals surface area contributed by atoms with Crippen molar-refractivity contribution in [3.05, 3.63) is 0 Å². The molecule has 1 heterocycles. The second kappa shape index (κ2) is 13.0. The molecule has 1 saturated heterocycles. The Hall–Kier alpha value is -2.98. The largest absolute Gasteiger partial charge is 0.356 e. The van der Waals surface area contributed by atoms with E-state index in [2.05, 4.69) is 26.6 Å². The van der Waals surface area contributed by atoms with Crippen molar-refractivity contribution in [2.24, 2.45) is 17.3 Å². The van der Waals surface area contributed by atoms with Gasteiger partial charge in [0.05, 0.1) is 6.04 Å². The first-order chi connectivity index (χ1) is 17.2. The third-order valence-corrected chi connectivity index (χ3v) is 6.58. The van der Waals surface area contributed by atoms with Crippen LogP contribution in [0.5, 0.6) is 0 Å². The predicted molar refractivity (Wildman–Crippen MR) is 137 cm³/mol. The predicted octanol–water partition coefficient (Wildman–Crippen LogP) is 0.317. The van der Waals surface area contributed by atoms with Crippen molar-refractivity contribution in [1.29, 1.82) is 0 Å². The highest BCUT2D eigenvalue weighted by Gasteiger charge is 2.37. The van der Waals surface area contributed by atoms with Crippen LogP contribution in [0.25, 0.3) is 0 Å².